The van der Waals surface area contributed by atoms with Gasteiger partial charge in [0.15, 0.2) is 0 Å². The molecule has 0 aromatic heterocycles. The highest BCUT2D eigenvalue weighted by molar-refractivity contribution is 5.85. The molecule has 0 saturated carbocycles. The summed E-state index contributed by atoms with van der Waals surface area (Å²) in [5.41, 5.74) is 2.77. The van der Waals surface area contributed by atoms with E-state index in [0.717, 1.165) is 52.1 Å². The van der Waals surface area contributed by atoms with E-state index in [9.17, 15) is 0 Å². The van der Waals surface area contributed by atoms with Crippen LogP contribution >= 0.6 is 24.8 Å². The number of piperazine rings is 1. The van der Waals surface area contributed by atoms with Gasteiger partial charge < -0.3 is 10.2 Å². The van der Waals surface area contributed by atoms with E-state index in [2.05, 4.69) is 59.8 Å². The summed E-state index contributed by atoms with van der Waals surface area (Å²) in [4.78, 5) is 5.01. The van der Waals surface area contributed by atoms with E-state index >= 15 is 0 Å². The van der Waals surface area contributed by atoms with E-state index < -0.39 is 0 Å². The van der Waals surface area contributed by atoms with Gasteiger partial charge in [0.2, 0.25) is 0 Å². The minimum absolute atomic E-state index is 0. The van der Waals surface area contributed by atoms with Gasteiger partial charge >= 0.3 is 0 Å². The second-order valence-electron chi connectivity index (χ2n) is 5.93. The van der Waals surface area contributed by atoms with E-state index in [4.69, 9.17) is 0 Å². The molecule has 138 valence electrons. The highest BCUT2D eigenvalue weighted by Crippen LogP contribution is 2.28. The summed E-state index contributed by atoms with van der Waals surface area (Å²) in [5.74, 6) is 0. The Hall–Kier alpha value is -0.740. The topological polar surface area (TPSA) is 18.5 Å². The van der Waals surface area contributed by atoms with Crippen molar-refractivity contribution in [1.82, 2.24) is 10.2 Å². The molecule has 0 bridgehead atoms. The van der Waals surface area contributed by atoms with Gasteiger partial charge in [-0.15, -0.1) is 31.4 Å². The lowest BCUT2D eigenvalue weighted by Gasteiger charge is -2.35. The molecule has 2 rings (SSSR count). The van der Waals surface area contributed by atoms with Crippen molar-refractivity contribution in [3.05, 3.63) is 42.5 Å². The molecule has 1 N–H and O–H groups in total. The molecule has 0 unspecified atom stereocenters. The fourth-order valence-electron chi connectivity index (χ4n) is 3.33. The number of anilines is 1. The molecule has 24 heavy (non-hydrogen) atoms. The van der Waals surface area contributed by atoms with Crippen molar-refractivity contribution < 1.29 is 0 Å². The van der Waals surface area contributed by atoms with E-state index in [0.29, 0.717) is 6.04 Å². The molecule has 1 atom stereocenters. The van der Waals surface area contributed by atoms with Crippen LogP contribution in [0.4, 0.5) is 5.69 Å². The Kier molecular flexibility index (Phi) is 12.2. The first-order valence-electron chi connectivity index (χ1n) is 8.70. The van der Waals surface area contributed by atoms with Crippen molar-refractivity contribution in [2.75, 3.05) is 44.2 Å². The first-order valence-corrected chi connectivity index (χ1v) is 8.70. The van der Waals surface area contributed by atoms with Crippen molar-refractivity contribution in [3.8, 4) is 0 Å². The minimum atomic E-state index is 0. The Bertz CT molecular complexity index is 440. The second-order valence-corrected chi connectivity index (χ2v) is 5.93. The molecule has 0 aliphatic carbocycles. The summed E-state index contributed by atoms with van der Waals surface area (Å²) in [5, 5.41) is 3.45. The molecule has 0 amide bonds. The van der Waals surface area contributed by atoms with E-state index in [1.807, 2.05) is 6.08 Å². The van der Waals surface area contributed by atoms with Crippen molar-refractivity contribution in [2.24, 2.45) is 0 Å². The van der Waals surface area contributed by atoms with Crippen molar-refractivity contribution >= 4 is 30.5 Å². The monoisotopic (exact) mass is 373 g/mol. The van der Waals surface area contributed by atoms with Gasteiger partial charge in [0.25, 0.3) is 0 Å². The lowest BCUT2D eigenvalue weighted by molar-refractivity contribution is 0.166. The summed E-state index contributed by atoms with van der Waals surface area (Å²) >= 11 is 0. The summed E-state index contributed by atoms with van der Waals surface area (Å²) in [6, 6.07) is 9.73. The van der Waals surface area contributed by atoms with Crippen LogP contribution in [0.3, 0.4) is 0 Å². The number of nitrogens with one attached hydrogen (secondary N) is 1. The van der Waals surface area contributed by atoms with E-state index in [1.165, 1.54) is 11.3 Å². The quantitative estimate of drug-likeness (QED) is 0.685. The number of rotatable bonds is 8. The van der Waals surface area contributed by atoms with Crippen molar-refractivity contribution in [2.45, 2.75) is 32.7 Å². The molecule has 1 fully saturated rings. The SMILES string of the molecule is C=CCC[C@H](c1ccc(N(CC)CC)cc1)N1CCNCC1.Cl.Cl. The maximum Gasteiger partial charge on any atom is 0.0366 e. The van der Waals surface area contributed by atoms with Crippen LogP contribution < -0.4 is 10.2 Å². The fourth-order valence-corrected chi connectivity index (χ4v) is 3.33. The number of hydrogen-bond acceptors (Lipinski definition) is 3. The molecule has 1 aliphatic heterocycles. The fraction of sp³-hybridized carbons (Fsp3) is 0.579. The van der Waals surface area contributed by atoms with Crippen LogP contribution in [-0.4, -0.2) is 44.2 Å². The van der Waals surface area contributed by atoms with Crippen molar-refractivity contribution in [3.63, 3.8) is 0 Å². The third-order valence-corrected chi connectivity index (χ3v) is 4.64. The minimum Gasteiger partial charge on any atom is -0.372 e. The molecule has 0 radical (unpaired) electrons. The Morgan fingerprint density at radius 3 is 2.21 bits per heavy atom. The maximum absolute atomic E-state index is 3.89. The zero-order chi connectivity index (χ0) is 15.8. The van der Waals surface area contributed by atoms with Crippen LogP contribution in [0.1, 0.15) is 38.3 Å². The lowest BCUT2D eigenvalue weighted by atomic mass is 9.99. The van der Waals surface area contributed by atoms with Gasteiger partial charge in [-0.2, -0.15) is 0 Å². The molecule has 1 heterocycles. The molecule has 3 nitrogen and oxygen atoms in total. The Morgan fingerprint density at radius 1 is 1.12 bits per heavy atom. The number of benzene rings is 1. The molecular formula is C19H33Cl2N3. The van der Waals surface area contributed by atoms with Gasteiger partial charge in [-0.25, -0.2) is 0 Å². The summed E-state index contributed by atoms with van der Waals surface area (Å²) < 4.78 is 0. The molecule has 1 aromatic rings. The van der Waals surface area contributed by atoms with Crippen LogP contribution in [0.5, 0.6) is 0 Å². The lowest BCUT2D eigenvalue weighted by Crippen LogP contribution is -2.45. The Balaban J connectivity index is 0.00000264. The second kappa shape index (κ2) is 12.6. The third kappa shape index (κ3) is 6.29. The van der Waals surface area contributed by atoms with Crippen LogP contribution in [-0.2, 0) is 0 Å². The smallest absolute Gasteiger partial charge is 0.0366 e. The average Bonchev–Trinajstić information content (AvgIpc) is 2.58. The first-order chi connectivity index (χ1) is 10.8. The van der Waals surface area contributed by atoms with Crippen LogP contribution in [0.15, 0.2) is 36.9 Å². The summed E-state index contributed by atoms with van der Waals surface area (Å²) in [6.45, 7) is 14.9. The predicted molar refractivity (Wildman–Crippen MR) is 111 cm³/mol. The molecule has 1 aliphatic rings. The van der Waals surface area contributed by atoms with Crippen molar-refractivity contribution in [1.29, 1.82) is 0 Å². The maximum atomic E-state index is 3.89. The van der Waals surface area contributed by atoms with Gasteiger partial charge in [-0.1, -0.05) is 18.2 Å². The third-order valence-electron chi connectivity index (χ3n) is 4.64. The zero-order valence-electron chi connectivity index (χ0n) is 15.0. The van der Waals surface area contributed by atoms with Crippen LogP contribution in [0, 0.1) is 0 Å². The average molecular weight is 374 g/mol. The van der Waals surface area contributed by atoms with Gasteiger partial charge in [-0.3, -0.25) is 4.90 Å². The molecular weight excluding hydrogens is 341 g/mol. The van der Waals surface area contributed by atoms with Crippen LogP contribution in [0.25, 0.3) is 0 Å². The molecule has 5 heteroatoms. The zero-order valence-corrected chi connectivity index (χ0v) is 16.7. The van der Waals surface area contributed by atoms with Gasteiger partial charge in [0, 0.05) is 51.0 Å². The first kappa shape index (κ1) is 23.3. The molecule has 1 saturated heterocycles. The van der Waals surface area contributed by atoms with Crippen LogP contribution in [0.2, 0.25) is 0 Å². The number of halogens is 2. The number of nitrogens with zero attached hydrogens (tertiary/aromatic N) is 2. The molecule has 1 aromatic carbocycles. The van der Waals surface area contributed by atoms with Gasteiger partial charge in [0.05, 0.1) is 0 Å². The predicted octanol–water partition coefficient (Wildman–Crippen LogP) is 4.29. The van der Waals surface area contributed by atoms with E-state index in [-0.39, 0.29) is 24.8 Å². The Labute approximate surface area is 160 Å². The highest BCUT2D eigenvalue weighted by atomic mass is 35.5. The van der Waals surface area contributed by atoms with Gasteiger partial charge in [-0.05, 0) is 44.4 Å². The number of hydrogen-bond donors (Lipinski definition) is 1. The standard InChI is InChI=1S/C19H31N3.2ClH/c1-4-7-8-19(22-15-13-20-14-16-22)17-9-11-18(12-10-17)21(5-2)6-3;;/h4,9-12,19-20H,1,5-8,13-16H2,2-3H3;2*1H/t19-;;/m1../s1. The Morgan fingerprint density at radius 2 is 1.71 bits per heavy atom. The molecule has 0 spiro atoms. The number of allylic oxidation sites excluding steroid dienone is 1. The largest absolute Gasteiger partial charge is 0.372 e. The van der Waals surface area contributed by atoms with Gasteiger partial charge in [0.1, 0.15) is 0 Å². The van der Waals surface area contributed by atoms with E-state index in [1.54, 1.807) is 0 Å². The summed E-state index contributed by atoms with van der Waals surface area (Å²) in [7, 11) is 0. The highest BCUT2D eigenvalue weighted by Gasteiger charge is 2.21. The normalized spacial score (nSPS) is 15.8. The summed E-state index contributed by atoms with van der Waals surface area (Å²) in [6.07, 6.45) is 4.28.